The number of aromatic nitrogens is 2. The lowest BCUT2D eigenvalue weighted by Gasteiger charge is -2.31. The fourth-order valence-corrected chi connectivity index (χ4v) is 6.07. The van der Waals surface area contributed by atoms with E-state index < -0.39 is 12.1 Å². The zero-order chi connectivity index (χ0) is 28.7. The van der Waals surface area contributed by atoms with Gasteiger partial charge in [0.05, 0.1) is 11.6 Å². The van der Waals surface area contributed by atoms with Gasteiger partial charge in [-0.15, -0.1) is 0 Å². The monoisotopic (exact) mass is 552 g/mol. The van der Waals surface area contributed by atoms with E-state index in [4.69, 9.17) is 4.98 Å². The lowest BCUT2D eigenvalue weighted by molar-refractivity contribution is -0.183. The maximum Gasteiger partial charge on any atom is 0.391 e. The molecular formula is C33H43F3N4. The maximum atomic E-state index is 13.0. The molecule has 0 amide bonds. The van der Waals surface area contributed by atoms with E-state index >= 15 is 0 Å². The molecule has 2 aliphatic carbocycles. The highest BCUT2D eigenvalue weighted by Gasteiger charge is 2.41. The van der Waals surface area contributed by atoms with Crippen molar-refractivity contribution in [1.82, 2.24) is 15.3 Å². The van der Waals surface area contributed by atoms with Gasteiger partial charge in [-0.2, -0.15) is 13.2 Å². The summed E-state index contributed by atoms with van der Waals surface area (Å²) in [6.07, 6.45) is 10.5. The lowest BCUT2D eigenvalue weighted by Crippen LogP contribution is -2.30. The molecule has 1 heterocycles. The summed E-state index contributed by atoms with van der Waals surface area (Å²) in [4.78, 5) is 9.24. The minimum atomic E-state index is -4.08. The molecule has 1 aromatic heterocycles. The quantitative estimate of drug-likeness (QED) is 0.326. The van der Waals surface area contributed by atoms with E-state index in [1.54, 1.807) is 6.20 Å². The van der Waals surface area contributed by atoms with Crippen molar-refractivity contribution in [2.75, 3.05) is 5.32 Å². The van der Waals surface area contributed by atoms with Gasteiger partial charge in [0.2, 0.25) is 5.95 Å². The van der Waals surface area contributed by atoms with Gasteiger partial charge >= 0.3 is 6.18 Å². The predicted molar refractivity (Wildman–Crippen MR) is 157 cm³/mol. The Balaban J connectivity index is 1.36. The van der Waals surface area contributed by atoms with Gasteiger partial charge in [-0.1, -0.05) is 51.1 Å². The van der Waals surface area contributed by atoms with E-state index in [1.807, 2.05) is 6.07 Å². The first-order valence-corrected chi connectivity index (χ1v) is 14.8. The fourth-order valence-electron chi connectivity index (χ4n) is 6.07. The van der Waals surface area contributed by atoms with Gasteiger partial charge in [0.25, 0.3) is 0 Å². The minimum absolute atomic E-state index is 0.0915. The van der Waals surface area contributed by atoms with Gasteiger partial charge in [-0.25, -0.2) is 9.97 Å². The molecule has 1 saturated carbocycles. The Bertz CT molecular complexity index is 1210. The second-order valence-corrected chi connectivity index (χ2v) is 11.3. The van der Waals surface area contributed by atoms with Crippen LogP contribution in [0.5, 0.6) is 0 Å². The first kappa shape index (κ1) is 29.9. The molecule has 1 fully saturated rings. The Morgan fingerprint density at radius 1 is 1.05 bits per heavy atom. The van der Waals surface area contributed by atoms with Crippen LogP contribution in [0.4, 0.5) is 19.1 Å². The molecule has 2 aromatic rings. The van der Waals surface area contributed by atoms with Crippen molar-refractivity contribution in [2.45, 2.75) is 84.9 Å². The number of rotatable bonds is 9. The number of alkyl halides is 3. The van der Waals surface area contributed by atoms with Gasteiger partial charge in [-0.05, 0) is 99.0 Å². The molecule has 2 atom stereocenters. The van der Waals surface area contributed by atoms with Gasteiger partial charge in [-0.3, -0.25) is 0 Å². The molecule has 7 heteroatoms. The molecule has 0 bridgehead atoms. The second kappa shape index (κ2) is 13.5. The maximum absolute atomic E-state index is 13.0. The largest absolute Gasteiger partial charge is 0.391 e. The molecule has 0 saturated heterocycles. The highest BCUT2D eigenvalue weighted by Crippen LogP contribution is 2.41. The van der Waals surface area contributed by atoms with Crippen molar-refractivity contribution in [3.05, 3.63) is 77.8 Å². The first-order valence-electron chi connectivity index (χ1n) is 14.8. The normalized spacial score (nSPS) is 23.6. The standard InChI is InChI=1S/C33H43F3N4/c1-5-24-8-7-9-30(17-14-25(24)6-2)39-32-37-19-18-31(40-32)27-10-11-28(22(3)20-27)21-38-23(4)26-12-15-29(16-13-26)33(34,35)36/h9-11,14,17-20,24-26,29,38H,4-8,12-13,15-16,21H2,1-3H3,(H,37,39,40). The SMILES string of the molecule is C=C(NCc1ccc(-c2ccnc(NC3=CCCC(CC)C(CC)C=C3)n2)cc1C)C1CCC(C(F)(F)F)CC1. The van der Waals surface area contributed by atoms with Crippen LogP contribution in [0, 0.1) is 30.6 Å². The minimum Gasteiger partial charge on any atom is -0.385 e. The van der Waals surface area contributed by atoms with Crippen LogP contribution in [0.2, 0.25) is 0 Å². The Kier molecular flexibility index (Phi) is 10.1. The average Bonchev–Trinajstić information content (AvgIpc) is 2.93. The summed E-state index contributed by atoms with van der Waals surface area (Å²) in [6.45, 7) is 11.3. The van der Waals surface area contributed by atoms with Crippen LogP contribution in [0.15, 0.2) is 66.7 Å². The zero-order valence-corrected chi connectivity index (χ0v) is 24.0. The van der Waals surface area contributed by atoms with E-state index in [0.717, 1.165) is 52.5 Å². The topological polar surface area (TPSA) is 49.8 Å². The first-order chi connectivity index (χ1) is 19.2. The number of nitrogens with one attached hydrogen (secondary N) is 2. The molecule has 2 aliphatic rings. The Hall–Kier alpha value is -3.09. The summed E-state index contributed by atoms with van der Waals surface area (Å²) in [6, 6.07) is 8.17. The molecule has 4 nitrogen and oxygen atoms in total. The number of allylic oxidation sites excluding steroid dienone is 4. The molecule has 0 aliphatic heterocycles. The van der Waals surface area contributed by atoms with Crippen LogP contribution in [0.3, 0.4) is 0 Å². The van der Waals surface area contributed by atoms with Crippen molar-refractivity contribution >= 4 is 5.95 Å². The van der Waals surface area contributed by atoms with E-state index in [-0.39, 0.29) is 18.8 Å². The molecule has 40 heavy (non-hydrogen) atoms. The smallest absolute Gasteiger partial charge is 0.385 e. The van der Waals surface area contributed by atoms with Crippen LogP contribution in [0.25, 0.3) is 11.3 Å². The summed E-state index contributed by atoms with van der Waals surface area (Å²) in [7, 11) is 0. The molecule has 4 rings (SSSR count). The molecular weight excluding hydrogens is 509 g/mol. The van der Waals surface area contributed by atoms with Crippen molar-refractivity contribution in [3.63, 3.8) is 0 Å². The summed E-state index contributed by atoms with van der Waals surface area (Å²) in [5.74, 6) is 0.829. The van der Waals surface area contributed by atoms with E-state index in [1.165, 1.54) is 12.8 Å². The third-order valence-corrected chi connectivity index (χ3v) is 8.76. The molecule has 1 aromatic carbocycles. The average molecular weight is 553 g/mol. The number of hydrogen-bond acceptors (Lipinski definition) is 4. The third kappa shape index (κ3) is 7.76. The van der Waals surface area contributed by atoms with Gasteiger partial charge in [0, 0.05) is 29.7 Å². The summed E-state index contributed by atoms with van der Waals surface area (Å²) in [5.41, 5.74) is 5.97. The molecule has 0 radical (unpaired) electrons. The number of halogens is 3. The van der Waals surface area contributed by atoms with Crippen LogP contribution < -0.4 is 10.6 Å². The van der Waals surface area contributed by atoms with Crippen molar-refractivity contribution in [2.24, 2.45) is 23.7 Å². The second-order valence-electron chi connectivity index (χ2n) is 11.3. The lowest BCUT2D eigenvalue weighted by atomic mass is 9.80. The van der Waals surface area contributed by atoms with Crippen LogP contribution >= 0.6 is 0 Å². The summed E-state index contributed by atoms with van der Waals surface area (Å²) < 4.78 is 39.0. The van der Waals surface area contributed by atoms with E-state index in [9.17, 15) is 13.2 Å². The number of hydrogen-bond donors (Lipinski definition) is 2. The number of anilines is 1. The van der Waals surface area contributed by atoms with Crippen LogP contribution in [-0.4, -0.2) is 16.1 Å². The highest BCUT2D eigenvalue weighted by molar-refractivity contribution is 5.62. The van der Waals surface area contributed by atoms with Gasteiger partial charge < -0.3 is 10.6 Å². The number of aryl methyl sites for hydroxylation is 1. The van der Waals surface area contributed by atoms with Crippen molar-refractivity contribution < 1.29 is 13.2 Å². The Morgan fingerprint density at radius 3 is 2.50 bits per heavy atom. The predicted octanol–water partition coefficient (Wildman–Crippen LogP) is 9.12. The number of benzene rings is 1. The van der Waals surface area contributed by atoms with E-state index in [2.05, 4.69) is 79.4 Å². The Morgan fingerprint density at radius 2 is 1.82 bits per heavy atom. The molecule has 0 spiro atoms. The molecule has 2 N–H and O–H groups in total. The van der Waals surface area contributed by atoms with Crippen LogP contribution in [-0.2, 0) is 6.54 Å². The zero-order valence-electron chi connectivity index (χ0n) is 24.0. The summed E-state index contributed by atoms with van der Waals surface area (Å²) in [5, 5.41) is 6.78. The Labute approximate surface area is 237 Å². The molecule has 2 unspecified atom stereocenters. The van der Waals surface area contributed by atoms with Gasteiger partial charge in [0.1, 0.15) is 0 Å². The van der Waals surface area contributed by atoms with Crippen molar-refractivity contribution in [3.8, 4) is 11.3 Å². The highest BCUT2D eigenvalue weighted by atomic mass is 19.4. The summed E-state index contributed by atoms with van der Waals surface area (Å²) >= 11 is 0. The van der Waals surface area contributed by atoms with E-state index in [0.29, 0.717) is 31.3 Å². The fraction of sp³-hybridized carbons (Fsp3) is 0.515. The van der Waals surface area contributed by atoms with Crippen LogP contribution in [0.1, 0.15) is 76.3 Å². The third-order valence-electron chi connectivity index (χ3n) is 8.76. The molecule has 216 valence electrons. The van der Waals surface area contributed by atoms with Gasteiger partial charge in [0.15, 0.2) is 0 Å². The van der Waals surface area contributed by atoms with Crippen molar-refractivity contribution in [1.29, 1.82) is 0 Å². The number of nitrogens with zero attached hydrogens (tertiary/aromatic N) is 2.